The summed E-state index contributed by atoms with van der Waals surface area (Å²) in [4.78, 5) is 11.2. The molecule has 0 spiro atoms. The van der Waals surface area contributed by atoms with Crippen molar-refractivity contribution < 1.29 is 4.79 Å². The predicted molar refractivity (Wildman–Crippen MR) is 65.5 cm³/mol. The van der Waals surface area contributed by atoms with Gasteiger partial charge in [-0.1, -0.05) is 34.8 Å². The molecule has 0 aromatic heterocycles. The normalized spacial score (nSPS) is 9.69. The molecule has 0 fully saturated rings. The molecule has 0 radical (unpaired) electrons. The number of urea groups is 1. The molecule has 0 aliphatic heterocycles. The Morgan fingerprint density at radius 2 is 1.75 bits per heavy atom. The minimum absolute atomic E-state index is 0.191. The average molecular weight is 282 g/mol. The van der Waals surface area contributed by atoms with Crippen LogP contribution in [0.2, 0.25) is 15.1 Å². The van der Waals surface area contributed by atoms with E-state index >= 15 is 0 Å². The number of carbonyl (C=O) groups excluding carboxylic acids is 1. The summed E-state index contributed by atoms with van der Waals surface area (Å²) in [5.41, 5.74) is 5.17. The van der Waals surface area contributed by atoms with Gasteiger partial charge in [-0.05, 0) is 12.1 Å². The van der Waals surface area contributed by atoms with Gasteiger partial charge >= 0.3 is 6.03 Å². The van der Waals surface area contributed by atoms with E-state index in [4.69, 9.17) is 45.9 Å². The van der Waals surface area contributed by atoms with Crippen molar-refractivity contribution in [2.24, 2.45) is 5.73 Å². The number of hydrogen-bond donors (Lipinski definition) is 4. The number of rotatable bonds is 1. The molecule has 0 saturated heterocycles. The van der Waals surface area contributed by atoms with E-state index in [1.54, 1.807) is 0 Å². The second kappa shape index (κ2) is 5.25. The fraction of sp³-hybridized carbons (Fsp3) is 0. The topological polar surface area (TPSA) is 91.0 Å². The lowest BCUT2D eigenvalue weighted by atomic mass is 10.3. The van der Waals surface area contributed by atoms with E-state index in [2.05, 4.69) is 5.32 Å². The summed E-state index contributed by atoms with van der Waals surface area (Å²) in [6, 6.07) is 2.15. The number of hydrogen-bond acceptors (Lipinski definition) is 2. The lowest BCUT2D eigenvalue weighted by Gasteiger charge is -2.09. The second-order valence-corrected chi connectivity index (χ2v) is 3.99. The third-order valence-corrected chi connectivity index (χ3v) is 2.31. The van der Waals surface area contributed by atoms with Crippen molar-refractivity contribution in [2.45, 2.75) is 0 Å². The molecule has 0 bridgehead atoms. The number of benzene rings is 1. The SMILES string of the molecule is N=C(N)NC(=O)Nc1c(Cl)cc(Cl)cc1Cl. The van der Waals surface area contributed by atoms with Crippen molar-refractivity contribution >= 4 is 52.5 Å². The summed E-state index contributed by atoms with van der Waals surface area (Å²) in [7, 11) is 0. The first-order valence-electron chi connectivity index (χ1n) is 3.96. The van der Waals surface area contributed by atoms with Crippen LogP contribution in [0.4, 0.5) is 10.5 Å². The summed E-state index contributed by atoms with van der Waals surface area (Å²) in [5.74, 6) is -0.487. The second-order valence-electron chi connectivity index (χ2n) is 2.74. The smallest absolute Gasteiger partial charge is 0.326 e. The molecule has 0 saturated carbocycles. The van der Waals surface area contributed by atoms with Gasteiger partial charge in [0.25, 0.3) is 0 Å². The molecule has 0 unspecified atom stereocenters. The van der Waals surface area contributed by atoms with Crippen LogP contribution in [0.5, 0.6) is 0 Å². The number of halogens is 3. The Morgan fingerprint density at radius 3 is 2.19 bits per heavy atom. The fourth-order valence-electron chi connectivity index (χ4n) is 0.929. The Balaban J connectivity index is 2.89. The summed E-state index contributed by atoms with van der Waals surface area (Å²) >= 11 is 17.3. The van der Waals surface area contributed by atoms with E-state index in [9.17, 15) is 4.79 Å². The number of nitrogens with two attached hydrogens (primary N) is 1. The van der Waals surface area contributed by atoms with Gasteiger partial charge in [-0.2, -0.15) is 0 Å². The number of carbonyl (C=O) groups is 1. The largest absolute Gasteiger partial charge is 0.370 e. The zero-order valence-electron chi connectivity index (χ0n) is 7.77. The van der Waals surface area contributed by atoms with Crippen LogP contribution in [0.1, 0.15) is 0 Å². The van der Waals surface area contributed by atoms with Crippen molar-refractivity contribution in [3.63, 3.8) is 0 Å². The van der Waals surface area contributed by atoms with Crippen LogP contribution in [0.25, 0.3) is 0 Å². The third kappa shape index (κ3) is 3.44. The quantitative estimate of drug-likeness (QED) is 0.471. The maximum absolute atomic E-state index is 11.2. The van der Waals surface area contributed by atoms with Crippen molar-refractivity contribution in [1.82, 2.24) is 5.32 Å². The van der Waals surface area contributed by atoms with E-state index in [1.807, 2.05) is 5.32 Å². The van der Waals surface area contributed by atoms with Gasteiger partial charge in [-0.25, -0.2) is 4.79 Å². The molecule has 16 heavy (non-hydrogen) atoms. The van der Waals surface area contributed by atoms with Crippen LogP contribution in [0, 0.1) is 5.41 Å². The summed E-state index contributed by atoms with van der Waals surface area (Å²) < 4.78 is 0. The number of nitrogens with one attached hydrogen (secondary N) is 3. The molecular weight excluding hydrogens is 274 g/mol. The van der Waals surface area contributed by atoms with Crippen LogP contribution >= 0.6 is 34.8 Å². The Kier molecular flexibility index (Phi) is 4.23. The predicted octanol–water partition coefficient (Wildman–Crippen LogP) is 2.66. The Morgan fingerprint density at radius 1 is 1.25 bits per heavy atom. The molecule has 0 atom stereocenters. The molecule has 0 heterocycles. The highest BCUT2D eigenvalue weighted by molar-refractivity contribution is 6.42. The molecule has 1 rings (SSSR count). The maximum atomic E-state index is 11.2. The van der Waals surface area contributed by atoms with Gasteiger partial charge in [0.15, 0.2) is 5.96 Å². The van der Waals surface area contributed by atoms with Crippen LogP contribution in [0.3, 0.4) is 0 Å². The number of amides is 2. The highest BCUT2D eigenvalue weighted by Gasteiger charge is 2.11. The first-order chi connectivity index (χ1) is 7.40. The number of anilines is 1. The van der Waals surface area contributed by atoms with E-state index < -0.39 is 12.0 Å². The molecule has 0 aliphatic carbocycles. The molecule has 86 valence electrons. The highest BCUT2D eigenvalue weighted by atomic mass is 35.5. The summed E-state index contributed by atoms with van der Waals surface area (Å²) in [5, 5.41) is 12.0. The molecule has 0 aliphatic rings. The zero-order valence-corrected chi connectivity index (χ0v) is 10.0. The van der Waals surface area contributed by atoms with E-state index in [-0.39, 0.29) is 15.7 Å². The van der Waals surface area contributed by atoms with Crippen LogP contribution in [-0.2, 0) is 0 Å². The monoisotopic (exact) mass is 280 g/mol. The van der Waals surface area contributed by atoms with Gasteiger partial charge in [0.1, 0.15) is 0 Å². The van der Waals surface area contributed by atoms with E-state index in [0.29, 0.717) is 5.02 Å². The molecule has 5 nitrogen and oxygen atoms in total. The molecule has 1 aromatic rings. The molecule has 1 aromatic carbocycles. The van der Waals surface area contributed by atoms with Gasteiger partial charge in [-0.15, -0.1) is 0 Å². The lowest BCUT2D eigenvalue weighted by Crippen LogP contribution is -2.38. The van der Waals surface area contributed by atoms with Crippen LogP contribution in [0.15, 0.2) is 12.1 Å². The van der Waals surface area contributed by atoms with Crippen molar-refractivity contribution in [3.8, 4) is 0 Å². The van der Waals surface area contributed by atoms with Gasteiger partial charge < -0.3 is 11.1 Å². The summed E-state index contributed by atoms with van der Waals surface area (Å²) in [6.07, 6.45) is 0. The molecule has 2 amide bonds. The van der Waals surface area contributed by atoms with Gasteiger partial charge in [-0.3, -0.25) is 10.7 Å². The maximum Gasteiger partial charge on any atom is 0.326 e. The summed E-state index contributed by atoms with van der Waals surface area (Å²) in [6.45, 7) is 0. The van der Waals surface area contributed by atoms with Crippen molar-refractivity contribution in [2.75, 3.05) is 5.32 Å². The number of guanidine groups is 1. The Bertz CT molecular complexity index is 426. The molecular formula is C8H7Cl3N4O. The van der Waals surface area contributed by atoms with Gasteiger partial charge in [0.05, 0.1) is 15.7 Å². The zero-order chi connectivity index (χ0) is 12.3. The van der Waals surface area contributed by atoms with Gasteiger partial charge in [0.2, 0.25) is 0 Å². The Hall–Kier alpha value is -1.17. The van der Waals surface area contributed by atoms with Crippen LogP contribution < -0.4 is 16.4 Å². The highest BCUT2D eigenvalue weighted by Crippen LogP contribution is 2.33. The molecule has 5 N–H and O–H groups in total. The standard InChI is InChI=1S/C8H7Cl3N4O/c9-3-1-4(10)6(5(11)2-3)14-8(16)15-7(12)13/h1-2H,(H5,12,13,14,15,16). The fourth-order valence-corrected chi connectivity index (χ4v) is 1.84. The first kappa shape index (κ1) is 12.9. The van der Waals surface area contributed by atoms with Gasteiger partial charge in [0, 0.05) is 5.02 Å². The van der Waals surface area contributed by atoms with E-state index in [1.165, 1.54) is 12.1 Å². The van der Waals surface area contributed by atoms with Crippen molar-refractivity contribution in [3.05, 3.63) is 27.2 Å². The van der Waals surface area contributed by atoms with Crippen LogP contribution in [-0.4, -0.2) is 12.0 Å². The third-order valence-electron chi connectivity index (χ3n) is 1.49. The molecule has 8 heteroatoms. The minimum atomic E-state index is -0.710. The minimum Gasteiger partial charge on any atom is -0.370 e. The average Bonchev–Trinajstić information content (AvgIpc) is 2.09. The Labute approximate surface area is 106 Å². The van der Waals surface area contributed by atoms with Crippen molar-refractivity contribution in [1.29, 1.82) is 5.41 Å². The lowest BCUT2D eigenvalue weighted by molar-refractivity contribution is 0.256. The first-order valence-corrected chi connectivity index (χ1v) is 5.10. The van der Waals surface area contributed by atoms with E-state index in [0.717, 1.165) is 0 Å².